The number of oxime groups is 1. The van der Waals surface area contributed by atoms with Crippen LogP contribution >= 0.6 is 27.5 Å². The van der Waals surface area contributed by atoms with Crippen molar-refractivity contribution in [2.45, 2.75) is 0 Å². The fraction of sp³-hybridized carbons (Fsp3) is 0. The molecule has 0 saturated heterocycles. The summed E-state index contributed by atoms with van der Waals surface area (Å²) in [5.74, 6) is -0.0784. The molecule has 4 nitrogen and oxygen atoms in total. The highest BCUT2D eigenvalue weighted by Gasteiger charge is 2.11. The van der Waals surface area contributed by atoms with E-state index in [4.69, 9.17) is 27.3 Å². The summed E-state index contributed by atoms with van der Waals surface area (Å²) in [5.41, 5.74) is 5.90. The molecule has 2 aromatic rings. The third kappa shape index (κ3) is 3.40. The zero-order valence-corrected chi connectivity index (χ0v) is 12.3. The molecule has 0 spiro atoms. The van der Waals surface area contributed by atoms with Crippen molar-refractivity contribution in [1.29, 1.82) is 0 Å². The molecule has 104 valence electrons. The summed E-state index contributed by atoms with van der Waals surface area (Å²) < 4.78 is 19.4. The quantitative estimate of drug-likeness (QED) is 0.375. The molecule has 0 aliphatic carbocycles. The van der Waals surface area contributed by atoms with Gasteiger partial charge in [-0.15, -0.1) is 0 Å². The number of hydrogen-bond acceptors (Lipinski definition) is 3. The first-order chi connectivity index (χ1) is 9.49. The second kappa shape index (κ2) is 6.11. The van der Waals surface area contributed by atoms with Gasteiger partial charge < -0.3 is 15.7 Å². The van der Waals surface area contributed by atoms with Crippen molar-refractivity contribution in [3.05, 3.63) is 57.3 Å². The molecular weight excluding hydrogens is 351 g/mol. The molecule has 20 heavy (non-hydrogen) atoms. The average molecular weight is 360 g/mol. The molecule has 3 N–H and O–H groups in total. The Hall–Kier alpha value is -1.79. The van der Waals surface area contributed by atoms with Crippen LogP contribution in [0, 0.1) is 5.82 Å². The third-order valence-corrected chi connectivity index (χ3v) is 3.08. The lowest BCUT2D eigenvalue weighted by atomic mass is 10.2. The van der Waals surface area contributed by atoms with Gasteiger partial charge in [0.25, 0.3) is 0 Å². The Morgan fingerprint density at radius 3 is 2.70 bits per heavy atom. The van der Waals surface area contributed by atoms with E-state index in [0.29, 0.717) is 15.1 Å². The van der Waals surface area contributed by atoms with Crippen LogP contribution in [0.25, 0.3) is 0 Å². The summed E-state index contributed by atoms with van der Waals surface area (Å²) in [6, 6.07) is 8.70. The van der Waals surface area contributed by atoms with Crippen molar-refractivity contribution in [3.63, 3.8) is 0 Å². The Morgan fingerprint density at radius 2 is 2.05 bits per heavy atom. The van der Waals surface area contributed by atoms with E-state index in [0.717, 1.165) is 0 Å². The number of benzene rings is 2. The molecule has 2 rings (SSSR count). The predicted molar refractivity (Wildman–Crippen MR) is 78.1 cm³/mol. The van der Waals surface area contributed by atoms with E-state index in [1.807, 2.05) is 0 Å². The molecular formula is C13H9BrClFN2O2. The molecule has 0 fully saturated rings. The van der Waals surface area contributed by atoms with E-state index in [2.05, 4.69) is 21.1 Å². The van der Waals surface area contributed by atoms with Crippen LogP contribution in [0.5, 0.6) is 11.5 Å². The van der Waals surface area contributed by atoms with Gasteiger partial charge in [0.15, 0.2) is 5.84 Å². The van der Waals surface area contributed by atoms with Crippen LogP contribution < -0.4 is 10.5 Å². The number of hydrogen-bond donors (Lipinski definition) is 2. The molecule has 7 heteroatoms. The van der Waals surface area contributed by atoms with Crippen molar-refractivity contribution < 1.29 is 14.3 Å². The van der Waals surface area contributed by atoms with Gasteiger partial charge in [-0.25, -0.2) is 4.39 Å². The second-order valence-corrected chi connectivity index (χ2v) is 5.19. The van der Waals surface area contributed by atoms with E-state index in [1.54, 1.807) is 18.2 Å². The van der Waals surface area contributed by atoms with E-state index in [1.165, 1.54) is 18.2 Å². The number of rotatable bonds is 3. The Kier molecular flexibility index (Phi) is 4.46. The van der Waals surface area contributed by atoms with Crippen molar-refractivity contribution in [1.82, 2.24) is 0 Å². The molecule has 2 aromatic carbocycles. The van der Waals surface area contributed by atoms with E-state index in [9.17, 15) is 4.39 Å². The molecule has 0 aromatic heterocycles. The van der Waals surface area contributed by atoms with Gasteiger partial charge in [-0.05, 0) is 24.3 Å². The smallest absolute Gasteiger partial charge is 0.173 e. The van der Waals surface area contributed by atoms with Crippen molar-refractivity contribution in [2.24, 2.45) is 10.9 Å². The van der Waals surface area contributed by atoms with E-state index in [-0.39, 0.29) is 17.3 Å². The highest BCUT2D eigenvalue weighted by atomic mass is 79.9. The van der Waals surface area contributed by atoms with Gasteiger partial charge in [-0.2, -0.15) is 0 Å². The lowest BCUT2D eigenvalue weighted by molar-refractivity contribution is 0.318. The average Bonchev–Trinajstić information content (AvgIpc) is 2.37. The number of nitrogens with two attached hydrogens (primary N) is 1. The molecule has 0 saturated carbocycles. The Morgan fingerprint density at radius 1 is 1.30 bits per heavy atom. The summed E-state index contributed by atoms with van der Waals surface area (Å²) in [5, 5.41) is 12.1. The fourth-order valence-electron chi connectivity index (χ4n) is 1.56. The van der Waals surface area contributed by atoms with Crippen LogP contribution in [0.2, 0.25) is 5.02 Å². The highest BCUT2D eigenvalue weighted by Crippen LogP contribution is 2.30. The predicted octanol–water partition coefficient (Wildman–Crippen LogP) is 4.13. The number of amidine groups is 1. The minimum atomic E-state index is -0.457. The SMILES string of the molecule is N/C(=N/O)c1ccc(Cl)cc1Oc1cc(F)cc(Br)c1. The molecule has 0 amide bonds. The summed E-state index contributed by atoms with van der Waals surface area (Å²) >= 11 is 9.05. The van der Waals surface area contributed by atoms with Gasteiger partial charge >= 0.3 is 0 Å². The maximum Gasteiger partial charge on any atom is 0.173 e. The van der Waals surface area contributed by atoms with Crippen LogP contribution in [-0.4, -0.2) is 11.0 Å². The van der Waals surface area contributed by atoms with Crippen LogP contribution in [0.15, 0.2) is 46.0 Å². The first-order valence-corrected chi connectivity index (χ1v) is 6.58. The largest absolute Gasteiger partial charge is 0.456 e. The standard InChI is InChI=1S/C13H9BrClFN2O2/c14-7-3-9(16)6-10(4-7)20-12-5-8(15)1-2-11(12)13(17)18-19/h1-6,19H,(H2,17,18). The Balaban J connectivity index is 2.44. The summed E-state index contributed by atoms with van der Waals surface area (Å²) in [6.45, 7) is 0. The van der Waals surface area contributed by atoms with E-state index >= 15 is 0 Å². The Bertz CT molecular complexity index is 659. The monoisotopic (exact) mass is 358 g/mol. The molecule has 0 radical (unpaired) electrons. The first kappa shape index (κ1) is 14.6. The van der Waals surface area contributed by atoms with Gasteiger partial charge in [-0.1, -0.05) is 32.7 Å². The van der Waals surface area contributed by atoms with Gasteiger partial charge in [0.1, 0.15) is 17.3 Å². The molecule has 0 unspecified atom stereocenters. The van der Waals surface area contributed by atoms with Crippen molar-refractivity contribution >= 4 is 33.4 Å². The van der Waals surface area contributed by atoms with Gasteiger partial charge in [0.2, 0.25) is 0 Å². The van der Waals surface area contributed by atoms with Crippen LogP contribution in [0.4, 0.5) is 4.39 Å². The lowest BCUT2D eigenvalue weighted by Crippen LogP contribution is -2.14. The number of halogens is 3. The zero-order valence-electron chi connectivity index (χ0n) is 9.98. The molecule has 0 aliphatic rings. The van der Waals surface area contributed by atoms with Crippen LogP contribution in [-0.2, 0) is 0 Å². The van der Waals surface area contributed by atoms with Crippen molar-refractivity contribution in [3.8, 4) is 11.5 Å². The lowest BCUT2D eigenvalue weighted by Gasteiger charge is -2.11. The minimum Gasteiger partial charge on any atom is -0.456 e. The molecule has 0 bridgehead atoms. The zero-order chi connectivity index (χ0) is 14.7. The summed E-state index contributed by atoms with van der Waals surface area (Å²) in [6.07, 6.45) is 0. The van der Waals surface area contributed by atoms with Crippen LogP contribution in [0.3, 0.4) is 0 Å². The summed E-state index contributed by atoms with van der Waals surface area (Å²) in [7, 11) is 0. The number of nitrogens with zero attached hydrogens (tertiary/aromatic N) is 1. The Labute approximate surface area is 127 Å². The second-order valence-electron chi connectivity index (χ2n) is 3.83. The van der Waals surface area contributed by atoms with E-state index < -0.39 is 5.82 Å². The van der Waals surface area contributed by atoms with Gasteiger partial charge in [-0.3, -0.25) is 0 Å². The molecule has 0 atom stereocenters. The van der Waals surface area contributed by atoms with Crippen molar-refractivity contribution in [2.75, 3.05) is 0 Å². The van der Waals surface area contributed by atoms with Crippen LogP contribution in [0.1, 0.15) is 5.56 Å². The highest BCUT2D eigenvalue weighted by molar-refractivity contribution is 9.10. The summed E-state index contributed by atoms with van der Waals surface area (Å²) in [4.78, 5) is 0. The third-order valence-electron chi connectivity index (χ3n) is 2.39. The van der Waals surface area contributed by atoms with Gasteiger partial charge in [0, 0.05) is 21.6 Å². The number of ether oxygens (including phenoxy) is 1. The maximum absolute atomic E-state index is 13.3. The fourth-order valence-corrected chi connectivity index (χ4v) is 2.17. The molecule has 0 aliphatic heterocycles. The molecule has 0 heterocycles. The maximum atomic E-state index is 13.3. The van der Waals surface area contributed by atoms with Gasteiger partial charge in [0.05, 0.1) is 5.56 Å². The topological polar surface area (TPSA) is 67.8 Å². The normalized spacial score (nSPS) is 11.4. The first-order valence-electron chi connectivity index (χ1n) is 5.41. The minimum absolute atomic E-state index is 0.132.